The van der Waals surface area contributed by atoms with Crippen molar-refractivity contribution in [2.45, 2.75) is 19.4 Å². The van der Waals surface area contributed by atoms with Gasteiger partial charge in [-0.2, -0.15) is 0 Å². The number of allylic oxidation sites excluding steroid dienone is 1. The van der Waals surface area contributed by atoms with Gasteiger partial charge in [-0.25, -0.2) is 4.98 Å². The fourth-order valence-corrected chi connectivity index (χ4v) is 3.91. The molecule has 0 fully saturated rings. The van der Waals surface area contributed by atoms with Crippen LogP contribution >= 0.6 is 0 Å². The van der Waals surface area contributed by atoms with Crippen LogP contribution in [0.15, 0.2) is 65.6 Å². The van der Waals surface area contributed by atoms with E-state index in [1.165, 1.54) is 4.57 Å². The second-order valence-electron chi connectivity index (χ2n) is 6.90. The van der Waals surface area contributed by atoms with E-state index in [4.69, 9.17) is 0 Å². The molecule has 0 radical (unpaired) electrons. The summed E-state index contributed by atoms with van der Waals surface area (Å²) in [5.41, 5.74) is 2.99. The van der Waals surface area contributed by atoms with Crippen molar-refractivity contribution < 1.29 is 4.79 Å². The van der Waals surface area contributed by atoms with E-state index in [0.717, 1.165) is 16.5 Å². The van der Waals surface area contributed by atoms with Gasteiger partial charge in [-0.05, 0) is 30.7 Å². The summed E-state index contributed by atoms with van der Waals surface area (Å²) in [5, 5.41) is 4.48. The normalized spacial score (nSPS) is 17.8. The minimum Gasteiger partial charge on any atom is -0.361 e. The van der Waals surface area contributed by atoms with Crippen molar-refractivity contribution in [1.82, 2.24) is 19.9 Å². The van der Waals surface area contributed by atoms with Gasteiger partial charge in [-0.1, -0.05) is 36.4 Å². The van der Waals surface area contributed by atoms with Crippen molar-refractivity contribution >= 4 is 33.4 Å². The molecule has 1 aliphatic rings. The molecule has 1 aliphatic heterocycles. The molecule has 1 amide bonds. The second-order valence-corrected chi connectivity index (χ2v) is 6.90. The van der Waals surface area contributed by atoms with E-state index in [1.54, 1.807) is 12.1 Å². The average Bonchev–Trinajstić information content (AvgIpc) is 3.13. The van der Waals surface area contributed by atoms with E-state index in [0.29, 0.717) is 28.8 Å². The SMILES string of the molecule is CC=C1NC(=O)[C@@H](Cc2c[nH]c3ccccc23)n2c1nc1ccccc1c2=O. The van der Waals surface area contributed by atoms with E-state index in [1.807, 2.05) is 55.6 Å². The highest BCUT2D eigenvalue weighted by Gasteiger charge is 2.33. The van der Waals surface area contributed by atoms with Gasteiger partial charge in [0.1, 0.15) is 6.04 Å². The summed E-state index contributed by atoms with van der Waals surface area (Å²) < 4.78 is 1.54. The van der Waals surface area contributed by atoms with E-state index in [2.05, 4.69) is 15.3 Å². The molecule has 5 rings (SSSR count). The molecular formula is C22H18N4O2. The molecule has 138 valence electrons. The lowest BCUT2D eigenvalue weighted by Gasteiger charge is -2.28. The Morgan fingerprint density at radius 3 is 2.64 bits per heavy atom. The monoisotopic (exact) mass is 370 g/mol. The Hall–Kier alpha value is -3.67. The molecular weight excluding hydrogens is 352 g/mol. The smallest absolute Gasteiger partial charge is 0.262 e. The van der Waals surface area contributed by atoms with Gasteiger partial charge in [0.05, 0.1) is 16.6 Å². The van der Waals surface area contributed by atoms with Crippen LogP contribution in [0.5, 0.6) is 0 Å². The number of H-pyrrole nitrogens is 1. The predicted octanol–water partition coefficient (Wildman–Crippen LogP) is 3.15. The quantitative estimate of drug-likeness (QED) is 0.569. The van der Waals surface area contributed by atoms with Gasteiger partial charge < -0.3 is 10.3 Å². The molecule has 4 aromatic rings. The van der Waals surface area contributed by atoms with Crippen LogP contribution in [0.25, 0.3) is 27.5 Å². The van der Waals surface area contributed by atoms with Crippen LogP contribution in [0.4, 0.5) is 0 Å². The molecule has 0 saturated heterocycles. The lowest BCUT2D eigenvalue weighted by atomic mass is 10.0. The zero-order valence-electron chi connectivity index (χ0n) is 15.3. The number of aromatic amines is 1. The zero-order valence-corrected chi connectivity index (χ0v) is 15.3. The van der Waals surface area contributed by atoms with Crippen LogP contribution < -0.4 is 10.9 Å². The lowest BCUT2D eigenvalue weighted by Crippen LogP contribution is -2.45. The number of rotatable bonds is 2. The van der Waals surface area contributed by atoms with Crippen LogP contribution in [0, 0.1) is 0 Å². The van der Waals surface area contributed by atoms with E-state index >= 15 is 0 Å². The summed E-state index contributed by atoms with van der Waals surface area (Å²) in [7, 11) is 0. The summed E-state index contributed by atoms with van der Waals surface area (Å²) >= 11 is 0. The first-order valence-corrected chi connectivity index (χ1v) is 9.21. The van der Waals surface area contributed by atoms with Gasteiger partial charge in [0.25, 0.3) is 5.56 Å². The Morgan fingerprint density at radius 2 is 1.82 bits per heavy atom. The molecule has 1 atom stereocenters. The highest BCUT2D eigenvalue weighted by molar-refractivity contribution is 5.93. The fraction of sp³-hybridized carbons (Fsp3) is 0.136. The molecule has 0 unspecified atom stereocenters. The summed E-state index contributed by atoms with van der Waals surface area (Å²) in [5.74, 6) is 0.292. The molecule has 2 aromatic carbocycles. The summed E-state index contributed by atoms with van der Waals surface area (Å²) in [6, 6.07) is 14.5. The molecule has 6 nitrogen and oxygen atoms in total. The fourth-order valence-electron chi connectivity index (χ4n) is 3.91. The van der Waals surface area contributed by atoms with Crippen LogP contribution in [-0.4, -0.2) is 20.4 Å². The van der Waals surface area contributed by atoms with Gasteiger partial charge in [-0.15, -0.1) is 0 Å². The first kappa shape index (κ1) is 16.5. The summed E-state index contributed by atoms with van der Waals surface area (Å²) in [4.78, 5) is 34.1. The molecule has 28 heavy (non-hydrogen) atoms. The molecule has 2 aromatic heterocycles. The van der Waals surface area contributed by atoms with Crippen LogP contribution in [0.2, 0.25) is 0 Å². The highest BCUT2D eigenvalue weighted by Crippen LogP contribution is 2.28. The molecule has 3 heterocycles. The standard InChI is InChI=1S/C22H18N4O2/c1-2-16-20-24-18-10-6-4-8-15(18)22(28)26(20)19(21(27)25-16)11-13-12-23-17-9-5-3-7-14(13)17/h2-10,12,19,23H,11H2,1H3,(H,25,27)/t19-/m1/s1. The number of fused-ring (bicyclic) bond motifs is 3. The van der Waals surface area contributed by atoms with Crippen molar-refractivity contribution in [1.29, 1.82) is 0 Å². The molecule has 0 saturated carbocycles. The minimum atomic E-state index is -0.664. The molecule has 0 aliphatic carbocycles. The zero-order chi connectivity index (χ0) is 19.3. The van der Waals surface area contributed by atoms with Crippen molar-refractivity contribution in [2.75, 3.05) is 0 Å². The third kappa shape index (κ3) is 2.38. The van der Waals surface area contributed by atoms with Crippen molar-refractivity contribution in [3.05, 3.63) is 82.5 Å². The number of amides is 1. The lowest BCUT2D eigenvalue weighted by molar-refractivity contribution is -0.123. The highest BCUT2D eigenvalue weighted by atomic mass is 16.2. The Labute approximate surface area is 160 Å². The Morgan fingerprint density at radius 1 is 1.07 bits per heavy atom. The Bertz CT molecular complexity index is 1330. The minimum absolute atomic E-state index is 0.195. The number of nitrogens with zero attached hydrogens (tertiary/aromatic N) is 2. The van der Waals surface area contributed by atoms with Gasteiger partial charge in [-0.3, -0.25) is 14.2 Å². The van der Waals surface area contributed by atoms with Crippen LogP contribution in [0.3, 0.4) is 0 Å². The van der Waals surface area contributed by atoms with E-state index in [-0.39, 0.29) is 11.5 Å². The average molecular weight is 370 g/mol. The third-order valence-corrected chi connectivity index (χ3v) is 5.30. The number of carbonyl (C=O) groups is 1. The molecule has 0 bridgehead atoms. The number of para-hydroxylation sites is 2. The van der Waals surface area contributed by atoms with Gasteiger partial charge in [0.15, 0.2) is 5.82 Å². The first-order chi connectivity index (χ1) is 13.7. The van der Waals surface area contributed by atoms with E-state index in [9.17, 15) is 9.59 Å². The van der Waals surface area contributed by atoms with Gasteiger partial charge >= 0.3 is 0 Å². The number of aromatic nitrogens is 3. The van der Waals surface area contributed by atoms with Crippen LogP contribution in [0.1, 0.15) is 24.4 Å². The summed E-state index contributed by atoms with van der Waals surface area (Å²) in [6.45, 7) is 1.82. The molecule has 2 N–H and O–H groups in total. The topological polar surface area (TPSA) is 79.8 Å². The maximum Gasteiger partial charge on any atom is 0.262 e. The third-order valence-electron chi connectivity index (χ3n) is 5.30. The number of carbonyl (C=O) groups excluding carboxylic acids is 1. The van der Waals surface area contributed by atoms with E-state index < -0.39 is 6.04 Å². The number of hydrogen-bond acceptors (Lipinski definition) is 3. The summed E-state index contributed by atoms with van der Waals surface area (Å²) in [6.07, 6.45) is 4.08. The Balaban J connectivity index is 1.73. The molecule has 6 heteroatoms. The maximum atomic E-state index is 13.3. The number of nitrogens with one attached hydrogen (secondary N) is 2. The predicted molar refractivity (Wildman–Crippen MR) is 109 cm³/mol. The first-order valence-electron chi connectivity index (χ1n) is 9.21. The Kier molecular flexibility index (Phi) is 3.65. The largest absolute Gasteiger partial charge is 0.361 e. The van der Waals surface area contributed by atoms with Gasteiger partial charge in [0, 0.05) is 23.5 Å². The number of benzene rings is 2. The van der Waals surface area contributed by atoms with Crippen molar-refractivity contribution in [3.8, 4) is 0 Å². The molecule has 0 spiro atoms. The van der Waals surface area contributed by atoms with Gasteiger partial charge in [0.2, 0.25) is 5.91 Å². The second kappa shape index (κ2) is 6.20. The maximum absolute atomic E-state index is 13.3. The van der Waals surface area contributed by atoms with Crippen molar-refractivity contribution in [2.24, 2.45) is 0 Å². The van der Waals surface area contributed by atoms with Crippen LogP contribution in [-0.2, 0) is 11.2 Å². The van der Waals surface area contributed by atoms with Crippen molar-refractivity contribution in [3.63, 3.8) is 0 Å². The number of hydrogen-bond donors (Lipinski definition) is 2.